The van der Waals surface area contributed by atoms with Gasteiger partial charge in [-0.25, -0.2) is 0 Å². The van der Waals surface area contributed by atoms with Gasteiger partial charge in [-0.1, -0.05) is 12.1 Å². The average Bonchev–Trinajstić information content (AvgIpc) is 2.53. The summed E-state index contributed by atoms with van der Waals surface area (Å²) in [5.74, 6) is 1.10. The van der Waals surface area contributed by atoms with Crippen molar-refractivity contribution in [2.24, 2.45) is 0 Å². The van der Waals surface area contributed by atoms with E-state index in [1.165, 1.54) is 7.11 Å². The summed E-state index contributed by atoms with van der Waals surface area (Å²) in [6.07, 6.45) is 0.227. The highest BCUT2D eigenvalue weighted by molar-refractivity contribution is 5.78. The van der Waals surface area contributed by atoms with Crippen LogP contribution >= 0.6 is 0 Å². The van der Waals surface area contributed by atoms with E-state index in [1.807, 2.05) is 18.2 Å². The number of aromatic hydroxyl groups is 1. The second-order valence-electron chi connectivity index (χ2n) is 5.07. The van der Waals surface area contributed by atoms with Gasteiger partial charge in [-0.2, -0.15) is 0 Å². The Kier molecular flexibility index (Phi) is 3.63. The lowest BCUT2D eigenvalue weighted by Gasteiger charge is -2.25. The summed E-state index contributed by atoms with van der Waals surface area (Å²) in [6.45, 7) is 0. The highest BCUT2D eigenvalue weighted by atomic mass is 16.5. The number of fused-ring (bicyclic) bond motifs is 1. The van der Waals surface area contributed by atoms with E-state index >= 15 is 0 Å². The number of benzene rings is 2. The largest absolute Gasteiger partial charge is 0.504 e. The molecule has 0 saturated carbocycles. The van der Waals surface area contributed by atoms with Crippen molar-refractivity contribution in [2.75, 3.05) is 14.2 Å². The minimum atomic E-state index is -0.305. The van der Waals surface area contributed by atoms with E-state index in [0.29, 0.717) is 17.2 Å². The summed E-state index contributed by atoms with van der Waals surface area (Å²) in [5, 5.41) is 9.96. The van der Waals surface area contributed by atoms with Crippen molar-refractivity contribution >= 4 is 5.97 Å². The highest BCUT2D eigenvalue weighted by Gasteiger charge is 2.29. The van der Waals surface area contributed by atoms with Crippen LogP contribution in [0, 0.1) is 0 Å². The third-order valence-electron chi connectivity index (χ3n) is 3.80. The van der Waals surface area contributed by atoms with Crippen LogP contribution in [0.2, 0.25) is 0 Å². The molecule has 0 radical (unpaired) electrons. The topological polar surface area (TPSA) is 65.0 Å². The van der Waals surface area contributed by atoms with E-state index in [0.717, 1.165) is 11.1 Å². The summed E-state index contributed by atoms with van der Waals surface area (Å²) in [4.78, 5) is 11.9. The van der Waals surface area contributed by atoms with E-state index in [1.54, 1.807) is 25.3 Å². The monoisotopic (exact) mass is 300 g/mol. The first-order valence-corrected chi connectivity index (χ1v) is 6.88. The van der Waals surface area contributed by atoms with Gasteiger partial charge in [-0.15, -0.1) is 0 Å². The predicted octanol–water partition coefficient (Wildman–Crippen LogP) is 2.85. The van der Waals surface area contributed by atoms with Crippen LogP contribution in [0.3, 0.4) is 0 Å². The Morgan fingerprint density at radius 3 is 2.64 bits per heavy atom. The number of hydrogen-bond acceptors (Lipinski definition) is 5. The van der Waals surface area contributed by atoms with Gasteiger partial charge >= 0.3 is 5.97 Å². The molecule has 0 unspecified atom stereocenters. The van der Waals surface area contributed by atoms with Crippen molar-refractivity contribution in [3.63, 3.8) is 0 Å². The molecule has 5 nitrogen and oxygen atoms in total. The van der Waals surface area contributed by atoms with Crippen molar-refractivity contribution < 1.29 is 24.1 Å². The van der Waals surface area contributed by atoms with Gasteiger partial charge in [0.1, 0.15) is 11.5 Å². The van der Waals surface area contributed by atoms with E-state index in [2.05, 4.69) is 0 Å². The van der Waals surface area contributed by atoms with Crippen LogP contribution < -0.4 is 14.2 Å². The van der Waals surface area contributed by atoms with Crippen LogP contribution in [-0.4, -0.2) is 25.3 Å². The zero-order valence-corrected chi connectivity index (χ0v) is 12.3. The fraction of sp³-hybridized carbons (Fsp3) is 0.235. The summed E-state index contributed by atoms with van der Waals surface area (Å²) in [7, 11) is 3.06. The molecule has 5 heteroatoms. The second-order valence-corrected chi connectivity index (χ2v) is 5.07. The van der Waals surface area contributed by atoms with Crippen LogP contribution in [0.25, 0.3) is 0 Å². The van der Waals surface area contributed by atoms with E-state index < -0.39 is 0 Å². The molecule has 0 fully saturated rings. The Bertz CT molecular complexity index is 723. The normalized spacial score (nSPS) is 16.6. The highest BCUT2D eigenvalue weighted by Crippen LogP contribution is 2.42. The summed E-state index contributed by atoms with van der Waals surface area (Å²) in [6, 6.07) is 10.6. The van der Waals surface area contributed by atoms with Crippen molar-refractivity contribution in [1.29, 1.82) is 0 Å². The molecule has 3 rings (SSSR count). The molecule has 1 heterocycles. The molecule has 1 N–H and O–H groups in total. The van der Waals surface area contributed by atoms with E-state index in [9.17, 15) is 9.90 Å². The Morgan fingerprint density at radius 2 is 1.95 bits per heavy atom. The van der Waals surface area contributed by atoms with Gasteiger partial charge in [0.2, 0.25) is 0 Å². The first-order chi connectivity index (χ1) is 10.6. The molecule has 22 heavy (non-hydrogen) atoms. The maximum atomic E-state index is 11.9. The predicted molar refractivity (Wildman–Crippen MR) is 79.7 cm³/mol. The lowest BCUT2D eigenvalue weighted by Crippen LogP contribution is -2.21. The lowest BCUT2D eigenvalue weighted by molar-refractivity contribution is -0.135. The fourth-order valence-corrected chi connectivity index (χ4v) is 2.68. The smallest absolute Gasteiger partial charge is 0.312 e. The zero-order chi connectivity index (χ0) is 15.7. The van der Waals surface area contributed by atoms with Gasteiger partial charge in [0.05, 0.1) is 20.6 Å². The molecule has 2 aromatic carbocycles. The molecule has 1 atom stereocenters. The number of esters is 1. The molecule has 0 amide bonds. The Hall–Kier alpha value is -2.69. The maximum Gasteiger partial charge on any atom is 0.312 e. The zero-order valence-electron chi connectivity index (χ0n) is 12.3. The van der Waals surface area contributed by atoms with Crippen molar-refractivity contribution in [2.45, 2.75) is 12.3 Å². The summed E-state index contributed by atoms with van der Waals surface area (Å²) >= 11 is 0. The number of methoxy groups -OCH3 is 2. The molecule has 0 aliphatic carbocycles. The van der Waals surface area contributed by atoms with Gasteiger partial charge in [-0.3, -0.25) is 4.79 Å². The molecule has 0 aromatic heterocycles. The van der Waals surface area contributed by atoms with Crippen molar-refractivity contribution in [3.05, 3.63) is 47.5 Å². The van der Waals surface area contributed by atoms with Gasteiger partial charge in [0.25, 0.3) is 0 Å². The number of carbonyl (C=O) groups is 1. The van der Waals surface area contributed by atoms with Crippen molar-refractivity contribution in [3.8, 4) is 23.0 Å². The Morgan fingerprint density at radius 1 is 1.14 bits per heavy atom. The van der Waals surface area contributed by atoms with E-state index in [4.69, 9.17) is 14.2 Å². The summed E-state index contributed by atoms with van der Waals surface area (Å²) < 4.78 is 15.5. The molecular weight excluding hydrogens is 284 g/mol. The molecular formula is C17H16O5. The van der Waals surface area contributed by atoms with Gasteiger partial charge < -0.3 is 19.3 Å². The molecule has 0 bridgehead atoms. The Balaban J connectivity index is 2.05. The number of phenolic OH excluding ortho intramolecular Hbond substituents is 1. The van der Waals surface area contributed by atoms with Gasteiger partial charge in [0, 0.05) is 17.5 Å². The third kappa shape index (κ3) is 2.45. The fourth-order valence-electron chi connectivity index (χ4n) is 2.68. The number of rotatable bonds is 3. The first-order valence-electron chi connectivity index (χ1n) is 6.88. The Labute approximate surface area is 128 Å². The minimum absolute atomic E-state index is 0.0500. The maximum absolute atomic E-state index is 11.9. The number of hydrogen-bond donors (Lipinski definition) is 1. The van der Waals surface area contributed by atoms with Crippen LogP contribution in [-0.2, 0) is 4.79 Å². The second kappa shape index (κ2) is 5.60. The number of ether oxygens (including phenoxy) is 3. The van der Waals surface area contributed by atoms with Crippen LogP contribution in [0.4, 0.5) is 0 Å². The minimum Gasteiger partial charge on any atom is -0.504 e. The summed E-state index contributed by atoms with van der Waals surface area (Å²) in [5.41, 5.74) is 1.73. The molecule has 0 spiro atoms. The molecule has 2 aromatic rings. The van der Waals surface area contributed by atoms with E-state index in [-0.39, 0.29) is 24.1 Å². The number of phenols is 1. The van der Waals surface area contributed by atoms with Gasteiger partial charge in [0.15, 0.2) is 11.5 Å². The first kappa shape index (κ1) is 14.3. The third-order valence-corrected chi connectivity index (χ3v) is 3.80. The van der Waals surface area contributed by atoms with Crippen molar-refractivity contribution in [1.82, 2.24) is 0 Å². The molecule has 0 saturated heterocycles. The van der Waals surface area contributed by atoms with Crippen LogP contribution in [0.1, 0.15) is 23.5 Å². The van der Waals surface area contributed by atoms with Gasteiger partial charge in [-0.05, 0) is 23.8 Å². The van der Waals surface area contributed by atoms with Crippen LogP contribution in [0.15, 0.2) is 36.4 Å². The standard InChI is InChI=1S/C17H16O5/c1-20-11-4-5-12-13(9-17(19)22-16(12)8-11)10-3-6-15(21-2)14(18)7-10/h3-8,13,18H,9H2,1-2H3/t13-/m0/s1. The molecule has 114 valence electrons. The molecule has 1 aliphatic rings. The SMILES string of the molecule is COc1ccc2c(c1)OC(=O)C[C@H]2c1ccc(OC)c(O)c1. The quantitative estimate of drug-likeness (QED) is 0.697. The molecule has 1 aliphatic heterocycles. The average molecular weight is 300 g/mol. The number of carbonyl (C=O) groups excluding carboxylic acids is 1. The lowest BCUT2D eigenvalue weighted by atomic mass is 9.86. The van der Waals surface area contributed by atoms with Crippen LogP contribution in [0.5, 0.6) is 23.0 Å².